The van der Waals surface area contributed by atoms with Gasteiger partial charge in [0, 0.05) is 6.42 Å². The molecule has 2 aliphatic heterocycles. The molecule has 2 aromatic rings. The van der Waals surface area contributed by atoms with E-state index in [-0.39, 0.29) is 6.42 Å². The largest absolute Gasteiger partial charge is 0.484 e. The van der Waals surface area contributed by atoms with Crippen LogP contribution in [0.25, 0.3) is 0 Å². The Morgan fingerprint density at radius 2 is 1.50 bits per heavy atom. The first kappa shape index (κ1) is 14.4. The van der Waals surface area contributed by atoms with Crippen LogP contribution in [0.1, 0.15) is 17.2 Å². The van der Waals surface area contributed by atoms with E-state index < -0.39 is 29.4 Å². The molecule has 24 heavy (non-hydrogen) atoms. The Labute approximate surface area is 137 Å². The number of nitrogens with one attached hydrogen (secondary N) is 2. The molecule has 2 N–H and O–H groups in total. The van der Waals surface area contributed by atoms with Crippen molar-refractivity contribution in [2.75, 3.05) is 0 Å². The number of imide groups is 2. The molecule has 0 aromatic heterocycles. The van der Waals surface area contributed by atoms with Gasteiger partial charge in [-0.15, -0.1) is 0 Å². The Balaban J connectivity index is 1.90. The highest BCUT2D eigenvalue weighted by atomic mass is 16.5. The summed E-state index contributed by atoms with van der Waals surface area (Å²) < 4.78 is 6.05. The number of carbonyl (C=O) groups excluding carboxylic acids is 3. The first-order valence-corrected chi connectivity index (χ1v) is 7.57. The summed E-state index contributed by atoms with van der Waals surface area (Å²) >= 11 is 0. The Morgan fingerprint density at radius 3 is 2.21 bits per heavy atom. The number of amides is 4. The summed E-state index contributed by atoms with van der Waals surface area (Å²) in [7, 11) is 0. The third-order valence-corrected chi connectivity index (χ3v) is 4.50. The lowest BCUT2D eigenvalue weighted by atomic mass is 9.70. The molecule has 0 aliphatic carbocycles. The van der Waals surface area contributed by atoms with Crippen molar-refractivity contribution < 1.29 is 19.1 Å². The molecule has 4 amide bonds. The Bertz CT molecular complexity index is 827. The predicted octanol–water partition coefficient (Wildman–Crippen LogP) is 1.72. The maximum atomic E-state index is 12.7. The van der Waals surface area contributed by atoms with E-state index in [4.69, 9.17) is 4.74 Å². The molecule has 1 atom stereocenters. The quantitative estimate of drug-likeness (QED) is 0.783. The highest BCUT2D eigenvalue weighted by molar-refractivity contribution is 6.20. The zero-order chi connectivity index (χ0) is 16.7. The van der Waals surface area contributed by atoms with Gasteiger partial charge in [0.25, 0.3) is 0 Å². The molecule has 2 aromatic carbocycles. The second-order valence-corrected chi connectivity index (χ2v) is 5.90. The van der Waals surface area contributed by atoms with E-state index in [0.717, 1.165) is 5.56 Å². The van der Waals surface area contributed by atoms with Crippen molar-refractivity contribution in [3.8, 4) is 5.75 Å². The second-order valence-electron chi connectivity index (χ2n) is 5.90. The smallest absolute Gasteiger partial charge is 0.328 e. The fourth-order valence-electron chi connectivity index (χ4n) is 3.33. The number of barbiturate groups is 1. The molecule has 0 bridgehead atoms. The average molecular weight is 322 g/mol. The summed E-state index contributed by atoms with van der Waals surface area (Å²) in [6.45, 7) is 0. The van der Waals surface area contributed by atoms with Crippen LogP contribution in [0.15, 0.2) is 54.6 Å². The zero-order valence-electron chi connectivity index (χ0n) is 12.6. The summed E-state index contributed by atoms with van der Waals surface area (Å²) in [4.78, 5) is 36.9. The van der Waals surface area contributed by atoms with E-state index in [2.05, 4.69) is 10.6 Å². The minimum absolute atomic E-state index is 0.160. The second kappa shape index (κ2) is 5.19. The summed E-state index contributed by atoms with van der Waals surface area (Å²) in [5.41, 5.74) is -0.0696. The van der Waals surface area contributed by atoms with Crippen LogP contribution in [0.5, 0.6) is 5.75 Å². The number of benzene rings is 2. The molecular formula is C18H14N2O4. The lowest BCUT2D eigenvalue weighted by molar-refractivity contribution is -0.153. The Kier molecular flexibility index (Phi) is 3.13. The van der Waals surface area contributed by atoms with Crippen LogP contribution in [-0.4, -0.2) is 17.8 Å². The van der Waals surface area contributed by atoms with Crippen LogP contribution in [0.3, 0.4) is 0 Å². The predicted molar refractivity (Wildman–Crippen MR) is 84.1 cm³/mol. The fraction of sp³-hybridized carbons (Fsp3) is 0.167. The topological polar surface area (TPSA) is 84.5 Å². The van der Waals surface area contributed by atoms with Gasteiger partial charge in [-0.2, -0.15) is 0 Å². The maximum Gasteiger partial charge on any atom is 0.328 e. The van der Waals surface area contributed by atoms with Crippen LogP contribution in [-0.2, 0) is 16.0 Å². The Morgan fingerprint density at radius 1 is 0.875 bits per heavy atom. The molecule has 6 heteroatoms. The first-order valence-electron chi connectivity index (χ1n) is 7.57. The molecule has 0 unspecified atom stereocenters. The van der Waals surface area contributed by atoms with Crippen molar-refractivity contribution in [1.29, 1.82) is 0 Å². The standard InChI is InChI=1S/C18H14N2O4/c21-15-18(16(22)20-17(23)19-15)10-12-8-4-5-9-13(12)24-14(18)11-6-2-1-3-7-11/h1-9,14H,10H2,(H2,19,20,21,22,23)/t14-/m0/s1. The average Bonchev–Trinajstić information content (AvgIpc) is 2.59. The first-order chi connectivity index (χ1) is 11.6. The number of hydrogen-bond donors (Lipinski definition) is 2. The maximum absolute atomic E-state index is 12.7. The summed E-state index contributed by atoms with van der Waals surface area (Å²) in [6, 6.07) is 15.6. The molecule has 120 valence electrons. The van der Waals surface area contributed by atoms with Crippen molar-refractivity contribution in [2.24, 2.45) is 5.41 Å². The molecule has 1 saturated heterocycles. The number of ether oxygens (including phenoxy) is 1. The third kappa shape index (κ3) is 2.00. The van der Waals surface area contributed by atoms with Gasteiger partial charge < -0.3 is 4.74 Å². The van der Waals surface area contributed by atoms with Gasteiger partial charge in [-0.25, -0.2) is 4.79 Å². The minimum Gasteiger partial charge on any atom is -0.484 e. The van der Waals surface area contributed by atoms with E-state index in [0.29, 0.717) is 11.3 Å². The molecule has 2 aliphatic rings. The van der Waals surface area contributed by atoms with E-state index >= 15 is 0 Å². The lowest BCUT2D eigenvalue weighted by Crippen LogP contribution is -2.66. The number of hydrogen-bond acceptors (Lipinski definition) is 4. The molecule has 1 spiro atoms. The number of urea groups is 1. The Hall–Kier alpha value is -3.15. The van der Waals surface area contributed by atoms with Crippen LogP contribution < -0.4 is 15.4 Å². The van der Waals surface area contributed by atoms with Crippen molar-refractivity contribution in [3.05, 3.63) is 65.7 Å². The van der Waals surface area contributed by atoms with Crippen LogP contribution in [0.4, 0.5) is 4.79 Å². The van der Waals surface area contributed by atoms with Gasteiger partial charge in [0.15, 0.2) is 5.41 Å². The molecule has 1 fully saturated rings. The molecular weight excluding hydrogens is 308 g/mol. The SMILES string of the molecule is O=C1NC(=O)C2(Cc3ccccc3O[C@H]2c2ccccc2)C(=O)N1. The molecule has 6 nitrogen and oxygen atoms in total. The van der Waals surface area contributed by atoms with Gasteiger partial charge in [-0.05, 0) is 17.2 Å². The molecule has 0 radical (unpaired) electrons. The van der Waals surface area contributed by atoms with Crippen molar-refractivity contribution in [1.82, 2.24) is 10.6 Å². The van der Waals surface area contributed by atoms with Crippen LogP contribution in [0.2, 0.25) is 0 Å². The molecule has 4 rings (SSSR count). The molecule has 0 saturated carbocycles. The number of rotatable bonds is 1. The monoisotopic (exact) mass is 322 g/mol. The van der Waals surface area contributed by atoms with Gasteiger partial charge in [0.05, 0.1) is 0 Å². The van der Waals surface area contributed by atoms with Gasteiger partial charge in [-0.1, -0.05) is 48.5 Å². The lowest BCUT2D eigenvalue weighted by Gasteiger charge is -2.43. The van der Waals surface area contributed by atoms with Gasteiger partial charge in [0.1, 0.15) is 11.9 Å². The third-order valence-electron chi connectivity index (χ3n) is 4.50. The van der Waals surface area contributed by atoms with Crippen molar-refractivity contribution >= 4 is 17.8 Å². The van der Waals surface area contributed by atoms with Crippen molar-refractivity contribution in [3.63, 3.8) is 0 Å². The van der Waals surface area contributed by atoms with E-state index in [1.807, 2.05) is 42.5 Å². The van der Waals surface area contributed by atoms with Gasteiger partial charge in [0.2, 0.25) is 11.8 Å². The summed E-state index contributed by atoms with van der Waals surface area (Å²) in [5, 5.41) is 4.42. The highest BCUT2D eigenvalue weighted by Crippen LogP contribution is 2.47. The van der Waals surface area contributed by atoms with Crippen molar-refractivity contribution in [2.45, 2.75) is 12.5 Å². The number of carbonyl (C=O) groups is 3. The van der Waals surface area contributed by atoms with E-state index in [1.54, 1.807) is 12.1 Å². The highest BCUT2D eigenvalue weighted by Gasteiger charge is 2.59. The van der Waals surface area contributed by atoms with E-state index in [9.17, 15) is 14.4 Å². The van der Waals surface area contributed by atoms with Crippen LogP contribution in [0, 0.1) is 5.41 Å². The van der Waals surface area contributed by atoms with Gasteiger partial charge in [-0.3, -0.25) is 20.2 Å². The van der Waals surface area contributed by atoms with Gasteiger partial charge >= 0.3 is 6.03 Å². The molecule has 2 heterocycles. The zero-order valence-corrected chi connectivity index (χ0v) is 12.6. The van der Waals surface area contributed by atoms with E-state index in [1.165, 1.54) is 0 Å². The minimum atomic E-state index is -1.52. The van der Waals surface area contributed by atoms with Crippen LogP contribution >= 0.6 is 0 Å². The normalized spacial score (nSPS) is 21.5. The number of para-hydroxylation sites is 1. The fourth-order valence-corrected chi connectivity index (χ4v) is 3.33. The summed E-state index contributed by atoms with van der Waals surface area (Å²) in [5.74, 6) is -0.645. The number of fused-ring (bicyclic) bond motifs is 1. The summed E-state index contributed by atoms with van der Waals surface area (Å²) in [6.07, 6.45) is -0.657.